The van der Waals surface area contributed by atoms with Gasteiger partial charge in [0.15, 0.2) is 0 Å². The summed E-state index contributed by atoms with van der Waals surface area (Å²) in [6.07, 6.45) is -1.63. The number of amides is 3. The van der Waals surface area contributed by atoms with Crippen molar-refractivity contribution >= 4 is 35.1 Å². The fourth-order valence-electron chi connectivity index (χ4n) is 3.13. The lowest BCUT2D eigenvalue weighted by Gasteiger charge is -2.29. The first-order valence-electron chi connectivity index (χ1n) is 9.23. The van der Waals surface area contributed by atoms with E-state index in [4.69, 9.17) is 28.9 Å². The first-order chi connectivity index (χ1) is 14.0. The predicted molar refractivity (Wildman–Crippen MR) is 111 cm³/mol. The highest BCUT2D eigenvalue weighted by molar-refractivity contribution is 6.42. The van der Waals surface area contributed by atoms with Crippen LogP contribution >= 0.6 is 23.2 Å². The monoisotopic (exact) mass is 457 g/mol. The number of aromatic nitrogens is 2. The summed E-state index contributed by atoms with van der Waals surface area (Å²) in [6, 6.07) is 4.35. The Kier molecular flexibility index (Phi) is 6.26. The minimum atomic E-state index is -1.63. The summed E-state index contributed by atoms with van der Waals surface area (Å²) in [6.45, 7) is 3.01. The zero-order valence-electron chi connectivity index (χ0n) is 16.5. The molecule has 1 atom stereocenters. The number of halogens is 3. The van der Waals surface area contributed by atoms with E-state index in [1.807, 2.05) is 0 Å². The molecule has 3 amide bonds. The van der Waals surface area contributed by atoms with Gasteiger partial charge in [0.1, 0.15) is 11.9 Å². The molecule has 0 unspecified atom stereocenters. The quantitative estimate of drug-likeness (QED) is 0.639. The van der Waals surface area contributed by atoms with Gasteiger partial charge in [-0.15, -0.1) is 0 Å². The number of primary amides is 1. The van der Waals surface area contributed by atoms with Crippen molar-refractivity contribution in [2.75, 3.05) is 13.1 Å². The Labute approximate surface area is 182 Å². The molecule has 1 aromatic heterocycles. The highest BCUT2D eigenvalue weighted by Gasteiger charge is 2.31. The molecule has 0 radical (unpaired) electrons. The van der Waals surface area contributed by atoms with Gasteiger partial charge in [0.05, 0.1) is 46.5 Å². The van der Waals surface area contributed by atoms with Gasteiger partial charge in [-0.1, -0.05) is 29.3 Å². The van der Waals surface area contributed by atoms with Crippen molar-refractivity contribution in [3.8, 4) is 11.3 Å². The summed E-state index contributed by atoms with van der Waals surface area (Å²) in [5.41, 5.74) is 5.62. The van der Waals surface area contributed by atoms with Gasteiger partial charge in [0.25, 0.3) is 5.91 Å². The number of carbonyl (C=O) groups excluding carboxylic acids is 2. The molecule has 0 aliphatic carbocycles. The molecule has 0 saturated carbocycles. The van der Waals surface area contributed by atoms with Crippen molar-refractivity contribution in [3.63, 3.8) is 0 Å². The van der Waals surface area contributed by atoms with E-state index in [0.29, 0.717) is 40.1 Å². The Balaban J connectivity index is 1.84. The minimum Gasteiger partial charge on any atom is -0.387 e. The molecule has 8 nitrogen and oxygen atoms in total. The predicted octanol–water partition coefficient (Wildman–Crippen LogP) is 2.59. The smallest absolute Gasteiger partial charge is 0.317 e. The van der Waals surface area contributed by atoms with E-state index in [0.717, 1.165) is 0 Å². The summed E-state index contributed by atoms with van der Waals surface area (Å²) in [5, 5.41) is 17.3. The van der Waals surface area contributed by atoms with Crippen LogP contribution in [0.3, 0.4) is 0 Å². The molecule has 1 aliphatic rings. The Morgan fingerprint density at radius 3 is 2.63 bits per heavy atom. The van der Waals surface area contributed by atoms with E-state index in [9.17, 15) is 19.1 Å². The first-order valence-corrected chi connectivity index (χ1v) is 9.98. The van der Waals surface area contributed by atoms with Gasteiger partial charge in [-0.2, -0.15) is 5.10 Å². The molecule has 0 saturated heterocycles. The average molecular weight is 458 g/mol. The number of hydrogen-bond acceptors (Lipinski definition) is 4. The van der Waals surface area contributed by atoms with Crippen molar-refractivity contribution in [3.05, 3.63) is 39.5 Å². The third-order valence-electron chi connectivity index (χ3n) is 4.91. The maximum Gasteiger partial charge on any atom is 0.317 e. The third kappa shape index (κ3) is 4.53. The number of urea groups is 1. The van der Waals surface area contributed by atoms with E-state index < -0.39 is 23.7 Å². The van der Waals surface area contributed by atoms with Gasteiger partial charge in [-0.25, -0.2) is 9.18 Å². The Hall–Kier alpha value is -2.36. The molecule has 4 N–H and O–H groups in total. The maximum absolute atomic E-state index is 13.9. The summed E-state index contributed by atoms with van der Waals surface area (Å²) >= 11 is 12.0. The number of alkyl halides is 1. The van der Waals surface area contributed by atoms with Gasteiger partial charge in [-0.05, 0) is 26.0 Å². The molecule has 1 aliphatic heterocycles. The van der Waals surface area contributed by atoms with Gasteiger partial charge in [0, 0.05) is 12.1 Å². The first kappa shape index (κ1) is 22.3. The number of hydrogen-bond donors (Lipinski definition) is 3. The number of nitrogens with zero attached hydrogens (tertiary/aromatic N) is 3. The molecule has 162 valence electrons. The van der Waals surface area contributed by atoms with Crippen molar-refractivity contribution in [2.45, 2.75) is 38.7 Å². The van der Waals surface area contributed by atoms with Gasteiger partial charge in [-0.3, -0.25) is 9.48 Å². The van der Waals surface area contributed by atoms with Gasteiger partial charge in [0.2, 0.25) is 0 Å². The molecule has 2 heterocycles. The Bertz CT molecular complexity index is 989. The van der Waals surface area contributed by atoms with Crippen molar-refractivity contribution in [1.29, 1.82) is 0 Å². The lowest BCUT2D eigenvalue weighted by atomic mass is 10.0. The fraction of sp³-hybridized carbons (Fsp3) is 0.421. The molecule has 1 aromatic carbocycles. The van der Waals surface area contributed by atoms with E-state index in [1.165, 1.54) is 18.7 Å². The standard InChI is InChI=1S/C19H22Cl2FN5O3/c1-19(2,30)14(22)8-24-18(29)26-5-6-27-13(9-26)15(17(23)28)16(25-27)10-3-4-11(20)12(21)7-10/h3-4,7,14,30H,5-6,8-9H2,1-2H3,(H2,23,28)(H,24,29)/t14-/m1/s1. The molecular weight excluding hydrogens is 436 g/mol. The third-order valence-corrected chi connectivity index (χ3v) is 5.64. The molecule has 0 fully saturated rings. The number of nitrogens with one attached hydrogen (secondary N) is 1. The highest BCUT2D eigenvalue weighted by Crippen LogP contribution is 2.32. The lowest BCUT2D eigenvalue weighted by molar-refractivity contribution is -0.00160. The van der Waals surface area contributed by atoms with Crippen LogP contribution in [0.4, 0.5) is 9.18 Å². The Morgan fingerprint density at radius 2 is 2.03 bits per heavy atom. The maximum atomic E-state index is 13.9. The number of fused-ring (bicyclic) bond motifs is 1. The highest BCUT2D eigenvalue weighted by atomic mass is 35.5. The second-order valence-electron chi connectivity index (χ2n) is 7.62. The molecule has 2 aromatic rings. The molecule has 3 rings (SSSR count). The normalized spacial score (nSPS) is 14.9. The van der Waals surface area contributed by atoms with Crippen LogP contribution in [-0.4, -0.2) is 56.6 Å². The Morgan fingerprint density at radius 1 is 1.33 bits per heavy atom. The van der Waals surface area contributed by atoms with Crippen molar-refractivity contribution in [2.24, 2.45) is 5.73 Å². The van der Waals surface area contributed by atoms with Crippen LogP contribution in [0, 0.1) is 0 Å². The van der Waals surface area contributed by atoms with Crippen molar-refractivity contribution < 1.29 is 19.1 Å². The number of benzene rings is 1. The summed E-state index contributed by atoms with van der Waals surface area (Å²) in [4.78, 5) is 26.1. The second-order valence-corrected chi connectivity index (χ2v) is 8.43. The summed E-state index contributed by atoms with van der Waals surface area (Å²) in [5.74, 6) is -0.689. The topological polar surface area (TPSA) is 113 Å². The summed E-state index contributed by atoms with van der Waals surface area (Å²) in [7, 11) is 0. The average Bonchev–Trinajstić information content (AvgIpc) is 3.06. The number of nitrogens with two attached hydrogens (primary N) is 1. The number of carbonyl (C=O) groups is 2. The van der Waals surface area contributed by atoms with E-state index in [-0.39, 0.29) is 18.7 Å². The van der Waals surface area contributed by atoms with Gasteiger partial charge >= 0.3 is 6.03 Å². The molecular formula is C19H22Cl2FN5O3. The second kappa shape index (κ2) is 8.41. The zero-order valence-corrected chi connectivity index (χ0v) is 18.0. The molecule has 30 heavy (non-hydrogen) atoms. The number of rotatable bonds is 5. The van der Waals surface area contributed by atoms with Crippen LogP contribution in [-0.2, 0) is 13.1 Å². The van der Waals surface area contributed by atoms with Crippen molar-refractivity contribution in [1.82, 2.24) is 20.0 Å². The SMILES string of the molecule is CC(C)(O)[C@H](F)CNC(=O)N1CCn2nc(-c3ccc(Cl)c(Cl)c3)c(C(N)=O)c2C1. The molecule has 0 bridgehead atoms. The van der Waals surface area contributed by atoms with Crippen LogP contribution in [0.25, 0.3) is 11.3 Å². The van der Waals surface area contributed by atoms with Crippen LogP contribution in [0.2, 0.25) is 10.0 Å². The van der Waals surface area contributed by atoms with E-state index in [2.05, 4.69) is 10.4 Å². The largest absolute Gasteiger partial charge is 0.387 e. The molecule has 0 spiro atoms. The van der Waals surface area contributed by atoms with Crippen LogP contribution in [0.15, 0.2) is 18.2 Å². The van der Waals surface area contributed by atoms with E-state index >= 15 is 0 Å². The lowest BCUT2D eigenvalue weighted by Crippen LogP contribution is -2.48. The fourth-order valence-corrected chi connectivity index (χ4v) is 3.43. The van der Waals surface area contributed by atoms with Crippen LogP contribution in [0.5, 0.6) is 0 Å². The zero-order chi connectivity index (χ0) is 22.2. The molecule has 11 heteroatoms. The number of aliphatic hydroxyl groups is 1. The van der Waals surface area contributed by atoms with Crippen LogP contribution in [0.1, 0.15) is 29.9 Å². The van der Waals surface area contributed by atoms with Crippen LogP contribution < -0.4 is 11.1 Å². The summed E-state index contributed by atoms with van der Waals surface area (Å²) < 4.78 is 15.5. The minimum absolute atomic E-state index is 0.0674. The van der Waals surface area contributed by atoms with Gasteiger partial charge < -0.3 is 21.1 Å². The van der Waals surface area contributed by atoms with E-state index in [1.54, 1.807) is 22.9 Å².